The number of aromatic nitrogens is 1. The molecular formula is C48H32N2O. The Balaban J connectivity index is 1.07. The number of fused-ring (bicyclic) bond motifs is 5. The lowest BCUT2D eigenvalue weighted by Gasteiger charge is -2.27. The summed E-state index contributed by atoms with van der Waals surface area (Å²) in [4.78, 5) is 2.35. The summed E-state index contributed by atoms with van der Waals surface area (Å²) < 4.78 is 8.93. The number of hydrogen-bond donors (Lipinski definition) is 0. The number of para-hydroxylation sites is 3. The third-order valence-electron chi connectivity index (χ3n) is 9.94. The lowest BCUT2D eigenvalue weighted by Crippen LogP contribution is -2.10. The molecule has 3 heteroatoms. The molecule has 1 aromatic heterocycles. The van der Waals surface area contributed by atoms with Crippen LogP contribution in [0.2, 0.25) is 0 Å². The van der Waals surface area contributed by atoms with Gasteiger partial charge >= 0.3 is 0 Å². The van der Waals surface area contributed by atoms with Crippen LogP contribution in [-0.2, 0) is 0 Å². The van der Waals surface area contributed by atoms with Gasteiger partial charge in [0.1, 0.15) is 0 Å². The maximum atomic E-state index is 6.59. The highest BCUT2D eigenvalue weighted by Gasteiger charge is 2.24. The zero-order chi connectivity index (χ0) is 33.7. The third-order valence-corrected chi connectivity index (χ3v) is 9.94. The summed E-state index contributed by atoms with van der Waals surface area (Å²) in [6.07, 6.45) is 0. The molecule has 0 aliphatic carbocycles. The van der Waals surface area contributed by atoms with E-state index in [2.05, 4.69) is 204 Å². The lowest BCUT2D eigenvalue weighted by atomic mass is 9.97. The Kier molecular flexibility index (Phi) is 6.81. The van der Waals surface area contributed by atoms with E-state index >= 15 is 0 Å². The summed E-state index contributed by atoms with van der Waals surface area (Å²) in [6, 6.07) is 69.1. The van der Waals surface area contributed by atoms with Gasteiger partial charge in [-0.15, -0.1) is 0 Å². The van der Waals surface area contributed by atoms with Crippen molar-refractivity contribution in [2.75, 3.05) is 4.90 Å². The summed E-state index contributed by atoms with van der Waals surface area (Å²) in [6.45, 7) is 0. The van der Waals surface area contributed by atoms with E-state index in [1.165, 1.54) is 38.5 Å². The Morgan fingerprint density at radius 1 is 0.353 bits per heavy atom. The number of benzene rings is 8. The first-order valence-electron chi connectivity index (χ1n) is 17.3. The van der Waals surface area contributed by atoms with Crippen molar-refractivity contribution < 1.29 is 4.74 Å². The molecule has 0 saturated heterocycles. The molecule has 240 valence electrons. The van der Waals surface area contributed by atoms with E-state index in [-0.39, 0.29) is 0 Å². The number of anilines is 3. The monoisotopic (exact) mass is 652 g/mol. The summed E-state index contributed by atoms with van der Waals surface area (Å²) in [5.41, 5.74) is 13.6. The zero-order valence-corrected chi connectivity index (χ0v) is 27.8. The van der Waals surface area contributed by atoms with Crippen LogP contribution in [-0.4, -0.2) is 4.57 Å². The van der Waals surface area contributed by atoms with Crippen LogP contribution in [0, 0.1) is 0 Å². The van der Waals surface area contributed by atoms with E-state index in [9.17, 15) is 0 Å². The third kappa shape index (κ3) is 4.98. The largest absolute Gasteiger partial charge is 0.453 e. The lowest BCUT2D eigenvalue weighted by molar-refractivity contribution is 0.476. The quantitative estimate of drug-likeness (QED) is 0.178. The van der Waals surface area contributed by atoms with Crippen LogP contribution in [0.5, 0.6) is 11.5 Å². The van der Waals surface area contributed by atoms with Gasteiger partial charge in [0.25, 0.3) is 0 Å². The van der Waals surface area contributed by atoms with E-state index < -0.39 is 0 Å². The second-order valence-electron chi connectivity index (χ2n) is 13.0. The molecule has 9 aromatic rings. The molecule has 8 aromatic carbocycles. The van der Waals surface area contributed by atoms with Crippen molar-refractivity contribution in [3.8, 4) is 50.6 Å². The Morgan fingerprint density at radius 2 is 0.922 bits per heavy atom. The molecule has 0 spiro atoms. The van der Waals surface area contributed by atoms with E-state index in [0.29, 0.717) is 0 Å². The smallest absolute Gasteiger partial charge is 0.152 e. The highest BCUT2D eigenvalue weighted by molar-refractivity contribution is 6.12. The molecule has 3 nitrogen and oxygen atoms in total. The fourth-order valence-corrected chi connectivity index (χ4v) is 7.56. The van der Waals surface area contributed by atoms with Gasteiger partial charge in [0, 0.05) is 27.8 Å². The number of ether oxygens (including phenoxy) is 1. The maximum Gasteiger partial charge on any atom is 0.152 e. The van der Waals surface area contributed by atoms with E-state index in [4.69, 9.17) is 4.74 Å². The molecule has 51 heavy (non-hydrogen) atoms. The van der Waals surface area contributed by atoms with Gasteiger partial charge in [-0.05, 0) is 100 Å². The van der Waals surface area contributed by atoms with Crippen LogP contribution in [0.25, 0.3) is 60.9 Å². The van der Waals surface area contributed by atoms with Gasteiger partial charge in [0.15, 0.2) is 11.5 Å². The van der Waals surface area contributed by atoms with Crippen LogP contribution < -0.4 is 9.64 Å². The molecule has 0 saturated carbocycles. The molecule has 10 rings (SSSR count). The minimum atomic E-state index is 0.856. The van der Waals surface area contributed by atoms with Crippen LogP contribution in [0.3, 0.4) is 0 Å². The van der Waals surface area contributed by atoms with Crippen LogP contribution in [0.15, 0.2) is 194 Å². The number of nitrogens with zero attached hydrogens (tertiary/aromatic N) is 2. The molecule has 0 bridgehead atoms. The first kappa shape index (κ1) is 29.1. The van der Waals surface area contributed by atoms with Gasteiger partial charge in [-0.3, -0.25) is 0 Å². The molecule has 0 fully saturated rings. The van der Waals surface area contributed by atoms with Crippen molar-refractivity contribution in [1.29, 1.82) is 0 Å². The van der Waals surface area contributed by atoms with Crippen molar-refractivity contribution in [3.05, 3.63) is 194 Å². The Bertz CT molecular complexity index is 2640. The molecule has 2 heterocycles. The van der Waals surface area contributed by atoms with Crippen molar-refractivity contribution in [1.82, 2.24) is 4.57 Å². The van der Waals surface area contributed by atoms with Gasteiger partial charge < -0.3 is 14.2 Å². The van der Waals surface area contributed by atoms with Crippen molar-refractivity contribution >= 4 is 38.9 Å². The Morgan fingerprint density at radius 3 is 1.63 bits per heavy atom. The second kappa shape index (κ2) is 11.9. The maximum absolute atomic E-state index is 6.59. The predicted molar refractivity (Wildman–Crippen MR) is 212 cm³/mol. The number of hydrogen-bond acceptors (Lipinski definition) is 2. The molecule has 1 aliphatic rings. The summed E-state index contributed by atoms with van der Waals surface area (Å²) >= 11 is 0. The average molecular weight is 653 g/mol. The average Bonchev–Trinajstić information content (AvgIpc) is 3.55. The predicted octanol–water partition coefficient (Wildman–Crippen LogP) is 13.4. The van der Waals surface area contributed by atoms with E-state index in [0.717, 1.165) is 50.9 Å². The standard InChI is InChI=1S/C48H32N2O/c1-4-13-33(14-5-1)37-29-38(34-15-6-2-7-16-34)31-41(30-37)49(39-17-8-3-9-18-39)40-26-23-35(24-27-40)36-25-28-45-47(32-36)51-46-22-12-20-43-42-19-10-11-21-44(42)50(45)48(43)46/h1-32H. The van der Waals surface area contributed by atoms with Gasteiger partial charge in [-0.2, -0.15) is 0 Å². The van der Waals surface area contributed by atoms with Gasteiger partial charge in [0.05, 0.1) is 16.7 Å². The summed E-state index contributed by atoms with van der Waals surface area (Å²) in [5, 5.41) is 2.44. The van der Waals surface area contributed by atoms with Gasteiger partial charge in [-0.25, -0.2) is 0 Å². The van der Waals surface area contributed by atoms with E-state index in [1.54, 1.807) is 0 Å². The van der Waals surface area contributed by atoms with Gasteiger partial charge in [-0.1, -0.05) is 127 Å². The molecule has 0 atom stereocenters. The SMILES string of the molecule is c1ccc(-c2cc(-c3ccccc3)cc(N(c3ccccc3)c3ccc(-c4ccc5c(c4)Oc4cccc6c7ccccc7n-5c46)cc3)c2)cc1. The zero-order valence-electron chi connectivity index (χ0n) is 27.8. The molecule has 0 radical (unpaired) electrons. The van der Waals surface area contributed by atoms with E-state index in [1.807, 2.05) is 0 Å². The Labute approximate surface area is 296 Å². The summed E-state index contributed by atoms with van der Waals surface area (Å²) in [7, 11) is 0. The van der Waals surface area contributed by atoms with Crippen LogP contribution in [0.1, 0.15) is 0 Å². The van der Waals surface area contributed by atoms with Crippen molar-refractivity contribution in [3.63, 3.8) is 0 Å². The van der Waals surface area contributed by atoms with Crippen molar-refractivity contribution in [2.45, 2.75) is 0 Å². The molecule has 0 N–H and O–H groups in total. The first-order chi connectivity index (χ1) is 25.3. The fraction of sp³-hybridized carbons (Fsp3) is 0. The fourth-order valence-electron chi connectivity index (χ4n) is 7.56. The molecule has 0 unspecified atom stereocenters. The highest BCUT2D eigenvalue weighted by Crippen LogP contribution is 2.46. The van der Waals surface area contributed by atoms with Crippen LogP contribution >= 0.6 is 0 Å². The minimum absolute atomic E-state index is 0.856. The topological polar surface area (TPSA) is 17.4 Å². The normalized spacial score (nSPS) is 11.7. The first-order valence-corrected chi connectivity index (χ1v) is 17.3. The molecule has 1 aliphatic heterocycles. The molecule has 0 amide bonds. The molecular weight excluding hydrogens is 621 g/mol. The Hall–Kier alpha value is -6.84. The van der Waals surface area contributed by atoms with Crippen molar-refractivity contribution in [2.24, 2.45) is 0 Å². The highest BCUT2D eigenvalue weighted by atomic mass is 16.5. The van der Waals surface area contributed by atoms with Gasteiger partial charge in [0.2, 0.25) is 0 Å². The minimum Gasteiger partial charge on any atom is -0.453 e. The number of rotatable bonds is 6. The summed E-state index contributed by atoms with van der Waals surface area (Å²) in [5.74, 6) is 1.74. The van der Waals surface area contributed by atoms with Crippen LogP contribution in [0.4, 0.5) is 17.1 Å². The second-order valence-corrected chi connectivity index (χ2v) is 13.0.